The predicted molar refractivity (Wildman–Crippen MR) is 85.0 cm³/mol. The molecule has 1 heterocycles. The van der Waals surface area contributed by atoms with Gasteiger partial charge in [0.15, 0.2) is 11.4 Å². The van der Waals surface area contributed by atoms with E-state index in [2.05, 4.69) is 0 Å². The lowest BCUT2D eigenvalue weighted by Crippen LogP contribution is -2.23. The summed E-state index contributed by atoms with van der Waals surface area (Å²) in [6, 6.07) is 4.89. The number of carbonyl (C=O) groups is 3. The van der Waals surface area contributed by atoms with Gasteiger partial charge in [0.25, 0.3) is 0 Å². The van der Waals surface area contributed by atoms with Gasteiger partial charge in [0.1, 0.15) is 5.78 Å². The van der Waals surface area contributed by atoms with Gasteiger partial charge in [0.2, 0.25) is 0 Å². The number of furan rings is 1. The molecule has 0 unspecified atom stereocenters. The summed E-state index contributed by atoms with van der Waals surface area (Å²) in [4.78, 5) is 35.5. The number of ketones is 2. The molecule has 1 aliphatic rings. The molecule has 0 spiro atoms. The van der Waals surface area contributed by atoms with Crippen LogP contribution >= 0.6 is 11.6 Å². The normalized spacial score (nSPS) is 20.8. The van der Waals surface area contributed by atoms with Gasteiger partial charge in [-0.15, -0.1) is 0 Å². The molecule has 126 valence electrons. The van der Waals surface area contributed by atoms with Gasteiger partial charge in [-0.1, -0.05) is 11.6 Å². The fraction of sp³-hybridized carbons (Fsp3) is 0.353. The minimum atomic E-state index is -1.22. The highest BCUT2D eigenvalue weighted by Gasteiger charge is 2.48. The fourth-order valence-corrected chi connectivity index (χ4v) is 3.13. The second-order valence-corrected chi connectivity index (χ2v) is 6.41. The highest BCUT2D eigenvalue weighted by atomic mass is 35.5. The maximum Gasteiger partial charge on any atom is 0.309 e. The van der Waals surface area contributed by atoms with Crippen molar-refractivity contribution < 1.29 is 29.0 Å². The summed E-state index contributed by atoms with van der Waals surface area (Å²) < 4.78 is 5.22. The van der Waals surface area contributed by atoms with Crippen molar-refractivity contribution in [3.05, 3.63) is 35.0 Å². The van der Waals surface area contributed by atoms with E-state index in [1.165, 1.54) is 12.3 Å². The van der Waals surface area contributed by atoms with E-state index in [0.29, 0.717) is 28.0 Å². The molecule has 0 aliphatic heterocycles. The van der Waals surface area contributed by atoms with E-state index < -0.39 is 30.3 Å². The summed E-state index contributed by atoms with van der Waals surface area (Å²) in [7, 11) is 0. The number of halogens is 1. The van der Waals surface area contributed by atoms with E-state index in [1.807, 2.05) is 0 Å². The van der Waals surface area contributed by atoms with E-state index in [9.17, 15) is 14.4 Å². The lowest BCUT2D eigenvalue weighted by atomic mass is 9.98. The average molecular weight is 351 g/mol. The highest BCUT2D eigenvalue weighted by molar-refractivity contribution is 6.35. The zero-order valence-electron chi connectivity index (χ0n) is 12.6. The maximum atomic E-state index is 12.5. The first-order chi connectivity index (χ1) is 11.4. The first-order valence-electron chi connectivity index (χ1n) is 7.49. The van der Waals surface area contributed by atoms with E-state index in [4.69, 9.17) is 26.2 Å². The largest absolute Gasteiger partial charge is 0.481 e. The lowest BCUT2D eigenvalue weighted by molar-refractivity contribution is -0.145. The second kappa shape index (κ2) is 6.37. The minimum absolute atomic E-state index is 0.186. The summed E-state index contributed by atoms with van der Waals surface area (Å²) in [5.74, 6) is -3.76. The fourth-order valence-electron chi connectivity index (χ4n) is 2.86. The summed E-state index contributed by atoms with van der Waals surface area (Å²) >= 11 is 6.09. The zero-order chi connectivity index (χ0) is 17.4. The Bertz CT molecular complexity index is 824. The van der Waals surface area contributed by atoms with Crippen LogP contribution in [-0.4, -0.2) is 34.4 Å². The third-order valence-corrected chi connectivity index (χ3v) is 4.63. The van der Waals surface area contributed by atoms with Gasteiger partial charge < -0.3 is 14.6 Å². The molecule has 2 N–H and O–H groups in total. The Morgan fingerprint density at radius 3 is 2.71 bits per heavy atom. The molecular formula is C17H15ClO6. The topological polar surface area (TPSA) is 105 Å². The quantitative estimate of drug-likeness (QED) is 0.743. The van der Waals surface area contributed by atoms with Crippen LogP contribution in [0.2, 0.25) is 5.02 Å². The minimum Gasteiger partial charge on any atom is -0.481 e. The smallest absolute Gasteiger partial charge is 0.309 e. The molecule has 3 rings (SSSR count). The number of rotatable bonds is 7. The molecule has 0 amide bonds. The van der Waals surface area contributed by atoms with Crippen molar-refractivity contribution in [2.24, 2.45) is 17.8 Å². The number of fused-ring (bicyclic) bond motifs is 1. The molecule has 0 radical (unpaired) electrons. The molecule has 3 atom stereocenters. The number of hydrogen-bond donors (Lipinski definition) is 2. The second-order valence-electron chi connectivity index (χ2n) is 6.00. The maximum absolute atomic E-state index is 12.5. The standard InChI is InChI=1S/C17H15ClO6/c18-13-4-9(3-8-1-2-24-16(8)13)15(21)12-6-11(12)14(20)5-10(7-19)17(22)23/h1-4,10-12,19H,5-7H2,(H,22,23)/t10-,11-,12-/m0/s1. The van der Waals surface area contributed by atoms with Crippen LogP contribution in [0.15, 0.2) is 28.9 Å². The molecule has 0 saturated heterocycles. The van der Waals surface area contributed by atoms with Gasteiger partial charge in [0.05, 0.1) is 23.8 Å². The van der Waals surface area contributed by atoms with Crippen LogP contribution in [0.3, 0.4) is 0 Å². The number of benzene rings is 1. The van der Waals surface area contributed by atoms with Crippen molar-refractivity contribution in [1.82, 2.24) is 0 Å². The number of carboxylic acids is 1. The van der Waals surface area contributed by atoms with Crippen molar-refractivity contribution in [2.45, 2.75) is 12.8 Å². The van der Waals surface area contributed by atoms with Crippen LogP contribution in [0.5, 0.6) is 0 Å². The SMILES string of the molecule is O=C(O)[C@H](CO)CC(=O)[C@H]1C[C@@H]1C(=O)c1cc(Cl)c2occc2c1. The van der Waals surface area contributed by atoms with Crippen molar-refractivity contribution in [3.63, 3.8) is 0 Å². The third kappa shape index (κ3) is 3.07. The number of aliphatic hydroxyl groups is 1. The Labute approximate surface area is 142 Å². The van der Waals surface area contributed by atoms with Crippen LogP contribution in [0.4, 0.5) is 0 Å². The third-order valence-electron chi connectivity index (χ3n) is 4.35. The Morgan fingerprint density at radius 1 is 1.29 bits per heavy atom. The van der Waals surface area contributed by atoms with Gasteiger partial charge in [-0.05, 0) is 24.6 Å². The summed E-state index contributed by atoms with van der Waals surface area (Å²) in [5, 5.41) is 18.9. The Kier molecular flexibility index (Phi) is 4.43. The van der Waals surface area contributed by atoms with E-state index in [-0.39, 0.29) is 18.0 Å². The molecule has 1 fully saturated rings. The summed E-state index contributed by atoms with van der Waals surface area (Å²) in [6.45, 7) is -0.598. The number of carboxylic acid groups (broad SMARTS) is 1. The molecule has 7 heteroatoms. The zero-order valence-corrected chi connectivity index (χ0v) is 13.3. The highest BCUT2D eigenvalue weighted by Crippen LogP contribution is 2.43. The molecular weight excluding hydrogens is 336 g/mol. The van der Waals surface area contributed by atoms with Gasteiger partial charge in [-0.25, -0.2) is 0 Å². The predicted octanol–water partition coefficient (Wildman–Crippen LogP) is 2.56. The molecule has 2 aromatic rings. The average Bonchev–Trinajstić information content (AvgIpc) is 3.20. The van der Waals surface area contributed by atoms with Crippen LogP contribution < -0.4 is 0 Å². The van der Waals surface area contributed by atoms with Crippen molar-refractivity contribution in [3.8, 4) is 0 Å². The van der Waals surface area contributed by atoms with Gasteiger partial charge in [0, 0.05) is 29.2 Å². The Hall–Kier alpha value is -2.18. The number of aliphatic hydroxyl groups excluding tert-OH is 1. The first kappa shape index (κ1) is 16.7. The molecule has 1 aromatic heterocycles. The van der Waals surface area contributed by atoms with Gasteiger partial charge in [-0.2, -0.15) is 0 Å². The van der Waals surface area contributed by atoms with Crippen molar-refractivity contribution >= 4 is 40.1 Å². The van der Waals surface area contributed by atoms with Crippen LogP contribution in [-0.2, 0) is 9.59 Å². The molecule has 1 aliphatic carbocycles. The van der Waals surface area contributed by atoms with Crippen molar-refractivity contribution in [2.75, 3.05) is 6.61 Å². The molecule has 6 nitrogen and oxygen atoms in total. The molecule has 24 heavy (non-hydrogen) atoms. The molecule has 0 bridgehead atoms. The summed E-state index contributed by atoms with van der Waals surface area (Å²) in [6.07, 6.45) is 1.62. The number of hydrogen-bond acceptors (Lipinski definition) is 5. The summed E-state index contributed by atoms with van der Waals surface area (Å²) in [5.41, 5.74) is 0.912. The van der Waals surface area contributed by atoms with E-state index >= 15 is 0 Å². The van der Waals surface area contributed by atoms with Crippen LogP contribution in [0, 0.1) is 17.8 Å². The Morgan fingerprint density at radius 2 is 2.04 bits per heavy atom. The van der Waals surface area contributed by atoms with E-state index in [0.717, 1.165) is 0 Å². The first-order valence-corrected chi connectivity index (χ1v) is 7.87. The van der Waals surface area contributed by atoms with Crippen molar-refractivity contribution in [1.29, 1.82) is 0 Å². The Balaban J connectivity index is 1.70. The molecule has 1 aromatic carbocycles. The van der Waals surface area contributed by atoms with Crippen LogP contribution in [0.25, 0.3) is 11.0 Å². The lowest BCUT2D eigenvalue weighted by Gasteiger charge is -2.07. The number of carbonyl (C=O) groups excluding carboxylic acids is 2. The number of aliphatic carboxylic acids is 1. The monoisotopic (exact) mass is 350 g/mol. The van der Waals surface area contributed by atoms with Gasteiger partial charge in [-0.3, -0.25) is 14.4 Å². The van der Waals surface area contributed by atoms with E-state index in [1.54, 1.807) is 12.1 Å². The van der Waals surface area contributed by atoms with Crippen LogP contribution in [0.1, 0.15) is 23.2 Å². The van der Waals surface area contributed by atoms with Gasteiger partial charge >= 0.3 is 5.97 Å². The molecule has 1 saturated carbocycles. The number of Topliss-reactive ketones (excluding diaryl/α,β-unsaturated/α-hetero) is 2.